The lowest BCUT2D eigenvalue weighted by atomic mass is 10.3. The Morgan fingerprint density at radius 2 is 2.05 bits per heavy atom. The van der Waals surface area contributed by atoms with Gasteiger partial charge in [0.15, 0.2) is 5.82 Å². The maximum Gasteiger partial charge on any atom is 0.293 e. The molecule has 21 heavy (non-hydrogen) atoms. The number of aromatic nitrogens is 1. The van der Waals surface area contributed by atoms with Gasteiger partial charge in [-0.25, -0.2) is 9.37 Å². The molecule has 0 spiro atoms. The van der Waals surface area contributed by atoms with Crippen molar-refractivity contribution in [1.82, 2.24) is 4.98 Å². The highest BCUT2D eigenvalue weighted by atomic mass is 35.5. The van der Waals surface area contributed by atoms with E-state index in [1.165, 1.54) is 12.1 Å². The topological polar surface area (TPSA) is 102 Å². The first-order chi connectivity index (χ1) is 9.81. The highest BCUT2D eigenvalue weighted by molar-refractivity contribution is 7.92. The average molecular weight is 332 g/mol. The highest BCUT2D eigenvalue weighted by Gasteiger charge is 2.24. The van der Waals surface area contributed by atoms with Gasteiger partial charge < -0.3 is 0 Å². The maximum absolute atomic E-state index is 13.5. The normalized spacial score (nSPS) is 11.1. The third kappa shape index (κ3) is 3.26. The van der Waals surface area contributed by atoms with Crippen LogP contribution in [0.4, 0.5) is 15.8 Å². The maximum atomic E-state index is 13.5. The first-order valence-electron chi connectivity index (χ1n) is 5.38. The molecule has 2 rings (SSSR count). The summed E-state index contributed by atoms with van der Waals surface area (Å²) in [6.07, 6.45) is 1.09. The second-order valence-electron chi connectivity index (χ2n) is 3.81. The summed E-state index contributed by atoms with van der Waals surface area (Å²) in [5.74, 6) is -1.07. The molecule has 10 heteroatoms. The lowest BCUT2D eigenvalue weighted by Crippen LogP contribution is -2.17. The predicted octanol–water partition coefficient (Wildman–Crippen LogP) is 2.58. The molecule has 1 N–H and O–H groups in total. The number of nitro benzene ring substituents is 1. The summed E-state index contributed by atoms with van der Waals surface area (Å²) >= 11 is 5.68. The van der Waals surface area contributed by atoms with Crippen LogP contribution in [0, 0.1) is 15.9 Å². The zero-order chi connectivity index (χ0) is 15.6. The number of benzene rings is 1. The van der Waals surface area contributed by atoms with Gasteiger partial charge in [0.25, 0.3) is 15.7 Å². The molecule has 2 aromatic rings. The molecule has 1 aromatic carbocycles. The zero-order valence-electron chi connectivity index (χ0n) is 10.2. The van der Waals surface area contributed by atoms with Crippen LogP contribution in [0.5, 0.6) is 0 Å². The summed E-state index contributed by atoms with van der Waals surface area (Å²) < 4.78 is 39.5. The molecule has 0 radical (unpaired) electrons. The molecule has 0 saturated heterocycles. The molecule has 0 aliphatic rings. The van der Waals surface area contributed by atoms with Gasteiger partial charge in [0.1, 0.15) is 5.69 Å². The zero-order valence-corrected chi connectivity index (χ0v) is 11.7. The molecular formula is C11H7ClFN3O4S. The first kappa shape index (κ1) is 15.1. The summed E-state index contributed by atoms with van der Waals surface area (Å²) in [7, 11) is -4.42. The van der Waals surface area contributed by atoms with Gasteiger partial charge in [-0.2, -0.15) is 8.42 Å². The second-order valence-corrected chi connectivity index (χ2v) is 5.85. The number of nitrogens with one attached hydrogen (secondary N) is 1. The predicted molar refractivity (Wildman–Crippen MR) is 73.1 cm³/mol. The van der Waals surface area contributed by atoms with E-state index in [2.05, 4.69) is 4.98 Å². The summed E-state index contributed by atoms with van der Waals surface area (Å²) in [5.41, 5.74) is -0.892. The molecule has 0 fully saturated rings. The summed E-state index contributed by atoms with van der Waals surface area (Å²) in [5, 5.41) is 10.1. The SMILES string of the molecule is O=[N+]([O-])c1ccc(Cl)cc1NS(=O)(=O)c1ncccc1F. The van der Waals surface area contributed by atoms with Crippen LogP contribution in [0.3, 0.4) is 0 Å². The van der Waals surface area contributed by atoms with Crippen molar-refractivity contribution in [1.29, 1.82) is 0 Å². The number of sulfonamides is 1. The van der Waals surface area contributed by atoms with Crippen molar-refractivity contribution >= 4 is 33.0 Å². The van der Waals surface area contributed by atoms with E-state index in [4.69, 9.17) is 11.6 Å². The number of hydrogen-bond donors (Lipinski definition) is 1. The van der Waals surface area contributed by atoms with Crippen LogP contribution < -0.4 is 4.72 Å². The standard InChI is InChI=1S/C11H7ClFN3O4S/c12-7-3-4-10(16(17)18)9(6-7)15-21(19,20)11-8(13)2-1-5-14-11/h1-6,15H. The van der Waals surface area contributed by atoms with Crippen LogP contribution in [0.2, 0.25) is 5.02 Å². The number of pyridine rings is 1. The van der Waals surface area contributed by atoms with Gasteiger partial charge >= 0.3 is 0 Å². The van der Waals surface area contributed by atoms with Gasteiger partial charge in [-0.1, -0.05) is 11.6 Å². The molecule has 110 valence electrons. The molecule has 7 nitrogen and oxygen atoms in total. The van der Waals surface area contributed by atoms with Gasteiger partial charge in [0, 0.05) is 17.3 Å². The second kappa shape index (κ2) is 5.62. The van der Waals surface area contributed by atoms with E-state index in [9.17, 15) is 22.9 Å². The van der Waals surface area contributed by atoms with Crippen LogP contribution >= 0.6 is 11.6 Å². The fraction of sp³-hybridized carbons (Fsp3) is 0. The quantitative estimate of drug-likeness (QED) is 0.685. The van der Waals surface area contributed by atoms with Gasteiger partial charge in [-0.15, -0.1) is 0 Å². The van der Waals surface area contributed by atoms with Gasteiger partial charge in [-0.05, 0) is 24.3 Å². The van der Waals surface area contributed by atoms with Crippen LogP contribution in [-0.4, -0.2) is 18.3 Å². The van der Waals surface area contributed by atoms with Crippen molar-refractivity contribution in [2.45, 2.75) is 5.03 Å². The van der Waals surface area contributed by atoms with Gasteiger partial charge in [0.2, 0.25) is 5.03 Å². The molecule has 0 bridgehead atoms. The van der Waals surface area contributed by atoms with Crippen molar-refractivity contribution < 1.29 is 17.7 Å². The summed E-state index contributed by atoms with van der Waals surface area (Å²) in [6, 6.07) is 5.45. The Morgan fingerprint density at radius 3 is 2.67 bits per heavy atom. The minimum absolute atomic E-state index is 0.0831. The number of nitrogens with zero attached hydrogens (tertiary/aromatic N) is 2. The van der Waals surface area contributed by atoms with Crippen LogP contribution in [0.15, 0.2) is 41.6 Å². The van der Waals surface area contributed by atoms with E-state index in [-0.39, 0.29) is 10.7 Å². The van der Waals surface area contributed by atoms with Crippen molar-refractivity contribution in [3.63, 3.8) is 0 Å². The molecule has 0 aliphatic heterocycles. The third-order valence-electron chi connectivity index (χ3n) is 2.38. The minimum Gasteiger partial charge on any atom is -0.272 e. The molecule has 0 amide bonds. The number of anilines is 1. The van der Waals surface area contributed by atoms with Gasteiger partial charge in [-0.3, -0.25) is 14.8 Å². The minimum atomic E-state index is -4.42. The molecule has 0 saturated carbocycles. The molecule has 0 atom stereocenters. The molecule has 1 aromatic heterocycles. The highest BCUT2D eigenvalue weighted by Crippen LogP contribution is 2.29. The van der Waals surface area contributed by atoms with Crippen molar-refractivity contribution in [2.75, 3.05) is 4.72 Å². The van der Waals surface area contributed by atoms with E-state index >= 15 is 0 Å². The van der Waals surface area contributed by atoms with Crippen LogP contribution in [0.25, 0.3) is 0 Å². The number of hydrogen-bond acceptors (Lipinski definition) is 5. The largest absolute Gasteiger partial charge is 0.293 e. The number of halogens is 2. The lowest BCUT2D eigenvalue weighted by molar-refractivity contribution is -0.383. The van der Waals surface area contributed by atoms with Gasteiger partial charge in [0.05, 0.1) is 4.92 Å². The van der Waals surface area contributed by atoms with E-state index in [0.29, 0.717) is 0 Å². The fourth-order valence-electron chi connectivity index (χ4n) is 1.51. The van der Waals surface area contributed by atoms with Crippen molar-refractivity contribution in [3.05, 3.63) is 57.5 Å². The number of rotatable bonds is 4. The molecule has 1 heterocycles. The summed E-state index contributed by atoms with van der Waals surface area (Å²) in [4.78, 5) is 13.5. The summed E-state index contributed by atoms with van der Waals surface area (Å²) in [6.45, 7) is 0. The Hall–Kier alpha value is -2.26. The van der Waals surface area contributed by atoms with Crippen LogP contribution in [-0.2, 0) is 10.0 Å². The van der Waals surface area contributed by atoms with Crippen molar-refractivity contribution in [3.8, 4) is 0 Å². The average Bonchev–Trinajstić information content (AvgIpc) is 2.38. The smallest absolute Gasteiger partial charge is 0.272 e. The first-order valence-corrected chi connectivity index (χ1v) is 7.24. The Balaban J connectivity index is 2.49. The monoisotopic (exact) mass is 331 g/mol. The van der Waals surface area contributed by atoms with E-state index < -0.39 is 31.5 Å². The van der Waals surface area contributed by atoms with E-state index in [0.717, 1.165) is 24.4 Å². The van der Waals surface area contributed by atoms with Crippen molar-refractivity contribution in [2.24, 2.45) is 0 Å². The third-order valence-corrected chi connectivity index (χ3v) is 3.91. The molecule has 0 unspecified atom stereocenters. The lowest BCUT2D eigenvalue weighted by Gasteiger charge is -2.08. The number of nitro groups is 1. The Morgan fingerprint density at radius 1 is 1.33 bits per heavy atom. The van der Waals surface area contributed by atoms with E-state index in [1.807, 2.05) is 4.72 Å². The Kier molecular flexibility index (Phi) is 4.05. The fourth-order valence-corrected chi connectivity index (χ4v) is 2.76. The molecule has 0 aliphatic carbocycles. The Labute approximate surface area is 123 Å². The van der Waals surface area contributed by atoms with Crippen LogP contribution in [0.1, 0.15) is 0 Å². The van der Waals surface area contributed by atoms with E-state index in [1.54, 1.807) is 0 Å². The Bertz CT molecular complexity index is 813. The molecular weight excluding hydrogens is 325 g/mol.